The number of allylic oxidation sites excluding steroid dienone is 1. The number of morpholine rings is 1. The summed E-state index contributed by atoms with van der Waals surface area (Å²) in [6.07, 6.45) is 6.18. The lowest BCUT2D eigenvalue weighted by Gasteiger charge is -2.37. The number of carbonyl (C=O) groups excluding carboxylic acids is 1. The molecular formula is C28H44N4O3. The maximum atomic E-state index is 13.1. The minimum Gasteiger partial charge on any atom is -0.464 e. The maximum absolute atomic E-state index is 13.1. The number of hydrogen-bond acceptors (Lipinski definition) is 6. The molecule has 7 heteroatoms. The maximum Gasteiger partial charge on any atom is 0.271 e. The number of rotatable bonds is 8. The number of carbonyl (C=O) groups is 1. The molecule has 7 nitrogen and oxygen atoms in total. The molecule has 1 aromatic heterocycles. The van der Waals surface area contributed by atoms with Gasteiger partial charge in [-0.25, -0.2) is 0 Å². The summed E-state index contributed by atoms with van der Waals surface area (Å²) in [5.41, 5.74) is 2.95. The molecule has 1 amide bonds. The van der Waals surface area contributed by atoms with Gasteiger partial charge in [0.15, 0.2) is 0 Å². The minimum atomic E-state index is -0.142. The molecule has 1 aliphatic carbocycles. The van der Waals surface area contributed by atoms with E-state index in [1.54, 1.807) is 7.05 Å². The third kappa shape index (κ3) is 7.31. The number of amides is 1. The van der Waals surface area contributed by atoms with Gasteiger partial charge in [-0.1, -0.05) is 33.4 Å². The molecule has 1 saturated heterocycles. The summed E-state index contributed by atoms with van der Waals surface area (Å²) in [4.78, 5) is 19.8. The first-order valence-electron chi connectivity index (χ1n) is 12.9. The summed E-state index contributed by atoms with van der Waals surface area (Å²) >= 11 is 0. The standard InChI is InChI=1S/C28H44N4O3/c1-8-25(26(29-7)27(33)31-22-11-9-21(10-12-22)28(4,5)6)30-19(2)24-17-23(35-20(24)3)18-32-13-15-34-16-14-32/h8,17,21-22,30H,2,9-16,18H2,1,3-7H3,(H,31,33)/b25-8+,29-26?. The Labute approximate surface area is 211 Å². The topological polar surface area (TPSA) is 79.1 Å². The van der Waals surface area contributed by atoms with E-state index < -0.39 is 0 Å². The van der Waals surface area contributed by atoms with Crippen molar-refractivity contribution in [3.63, 3.8) is 0 Å². The van der Waals surface area contributed by atoms with Crippen LogP contribution in [0.25, 0.3) is 5.70 Å². The Morgan fingerprint density at radius 2 is 1.89 bits per heavy atom. The summed E-state index contributed by atoms with van der Waals surface area (Å²) in [6.45, 7) is 19.0. The molecule has 2 fully saturated rings. The van der Waals surface area contributed by atoms with Crippen molar-refractivity contribution in [3.05, 3.63) is 41.5 Å². The van der Waals surface area contributed by atoms with Crippen LogP contribution in [0.2, 0.25) is 0 Å². The zero-order chi connectivity index (χ0) is 25.6. The van der Waals surface area contributed by atoms with Crippen LogP contribution in [-0.4, -0.2) is 55.9 Å². The molecule has 1 saturated carbocycles. The fraction of sp³-hybridized carbons (Fsp3) is 0.643. The smallest absolute Gasteiger partial charge is 0.271 e. The highest BCUT2D eigenvalue weighted by Crippen LogP contribution is 2.37. The summed E-state index contributed by atoms with van der Waals surface area (Å²) < 4.78 is 11.4. The molecule has 1 aliphatic heterocycles. The Balaban J connectivity index is 1.59. The van der Waals surface area contributed by atoms with Gasteiger partial charge < -0.3 is 19.8 Å². The zero-order valence-electron chi connectivity index (χ0n) is 22.5. The molecule has 194 valence electrons. The molecule has 35 heavy (non-hydrogen) atoms. The second-order valence-corrected chi connectivity index (χ2v) is 10.8. The monoisotopic (exact) mass is 484 g/mol. The van der Waals surface area contributed by atoms with Crippen LogP contribution in [0.3, 0.4) is 0 Å². The van der Waals surface area contributed by atoms with Crippen molar-refractivity contribution < 1.29 is 13.9 Å². The fourth-order valence-corrected chi connectivity index (χ4v) is 5.10. The van der Waals surface area contributed by atoms with Crippen molar-refractivity contribution >= 4 is 17.3 Å². The molecule has 0 aromatic carbocycles. The van der Waals surface area contributed by atoms with E-state index in [1.807, 2.05) is 26.0 Å². The van der Waals surface area contributed by atoms with E-state index in [2.05, 4.69) is 47.9 Å². The molecule has 1 aromatic rings. The van der Waals surface area contributed by atoms with E-state index in [9.17, 15) is 4.79 Å². The van der Waals surface area contributed by atoms with Gasteiger partial charge >= 0.3 is 0 Å². The van der Waals surface area contributed by atoms with Crippen LogP contribution in [0.1, 0.15) is 70.5 Å². The second kappa shape index (κ2) is 12.0. The quantitative estimate of drug-likeness (QED) is 0.524. The van der Waals surface area contributed by atoms with Crippen LogP contribution in [0.4, 0.5) is 0 Å². The second-order valence-electron chi connectivity index (χ2n) is 10.8. The lowest BCUT2D eigenvalue weighted by molar-refractivity contribution is -0.115. The number of ether oxygens (including phenoxy) is 1. The van der Waals surface area contributed by atoms with Gasteiger partial charge in [-0.15, -0.1) is 0 Å². The van der Waals surface area contributed by atoms with Crippen LogP contribution in [0.15, 0.2) is 33.8 Å². The van der Waals surface area contributed by atoms with Gasteiger partial charge in [0.25, 0.3) is 5.91 Å². The van der Waals surface area contributed by atoms with Gasteiger partial charge in [-0.2, -0.15) is 0 Å². The van der Waals surface area contributed by atoms with E-state index in [1.165, 1.54) is 0 Å². The lowest BCUT2D eigenvalue weighted by Crippen LogP contribution is -2.44. The third-order valence-corrected chi connectivity index (χ3v) is 7.33. The van der Waals surface area contributed by atoms with Gasteiger partial charge in [0.2, 0.25) is 0 Å². The molecule has 2 aliphatic rings. The van der Waals surface area contributed by atoms with Crippen molar-refractivity contribution in [2.24, 2.45) is 16.3 Å². The van der Waals surface area contributed by atoms with Crippen LogP contribution in [-0.2, 0) is 16.1 Å². The Morgan fingerprint density at radius 3 is 2.46 bits per heavy atom. The summed E-state index contributed by atoms with van der Waals surface area (Å²) in [7, 11) is 1.66. The van der Waals surface area contributed by atoms with E-state index in [-0.39, 0.29) is 11.9 Å². The van der Waals surface area contributed by atoms with Gasteiger partial charge in [-0.05, 0) is 56.9 Å². The number of nitrogens with zero attached hydrogens (tertiary/aromatic N) is 2. The molecule has 3 rings (SSSR count). The van der Waals surface area contributed by atoms with E-state index in [4.69, 9.17) is 9.15 Å². The number of furan rings is 1. The van der Waals surface area contributed by atoms with Gasteiger partial charge in [0.1, 0.15) is 17.2 Å². The van der Waals surface area contributed by atoms with Crippen molar-refractivity contribution in [2.45, 2.75) is 72.9 Å². The highest BCUT2D eigenvalue weighted by atomic mass is 16.5. The fourth-order valence-electron chi connectivity index (χ4n) is 5.10. The normalized spacial score (nSPS) is 22.7. The molecule has 0 spiro atoms. The van der Waals surface area contributed by atoms with Crippen LogP contribution >= 0.6 is 0 Å². The Bertz CT molecular complexity index is 940. The lowest BCUT2D eigenvalue weighted by atomic mass is 9.71. The minimum absolute atomic E-state index is 0.142. The average molecular weight is 485 g/mol. The van der Waals surface area contributed by atoms with Crippen LogP contribution < -0.4 is 10.6 Å². The predicted molar refractivity (Wildman–Crippen MR) is 142 cm³/mol. The molecule has 2 N–H and O–H groups in total. The van der Waals surface area contributed by atoms with Crippen molar-refractivity contribution in [3.8, 4) is 0 Å². The SMILES string of the molecule is C=C(N/C(=C/C)C(=NC)C(=O)NC1CCC(C(C)(C)C)CC1)c1cc(CN2CCOCC2)oc1C. The van der Waals surface area contributed by atoms with Crippen molar-refractivity contribution in [1.82, 2.24) is 15.5 Å². The van der Waals surface area contributed by atoms with Gasteiger partial charge in [-0.3, -0.25) is 14.7 Å². The molecule has 0 unspecified atom stereocenters. The molecule has 0 atom stereocenters. The third-order valence-electron chi connectivity index (χ3n) is 7.33. The molecule has 0 radical (unpaired) electrons. The van der Waals surface area contributed by atoms with E-state index >= 15 is 0 Å². The Morgan fingerprint density at radius 1 is 1.23 bits per heavy atom. The van der Waals surface area contributed by atoms with Crippen LogP contribution in [0, 0.1) is 18.3 Å². The highest BCUT2D eigenvalue weighted by molar-refractivity contribution is 6.45. The molecule has 2 heterocycles. The summed E-state index contributed by atoms with van der Waals surface area (Å²) in [6, 6.07) is 2.22. The summed E-state index contributed by atoms with van der Waals surface area (Å²) in [5, 5.41) is 6.53. The molecular weight excluding hydrogens is 440 g/mol. The first kappa shape index (κ1) is 27.2. The van der Waals surface area contributed by atoms with E-state index in [0.29, 0.717) is 28.4 Å². The predicted octanol–water partition coefficient (Wildman–Crippen LogP) is 4.68. The number of nitrogens with one attached hydrogen (secondary N) is 2. The first-order chi connectivity index (χ1) is 16.6. The average Bonchev–Trinajstić information content (AvgIpc) is 3.19. The van der Waals surface area contributed by atoms with Crippen molar-refractivity contribution in [2.75, 3.05) is 33.4 Å². The Kier molecular flexibility index (Phi) is 9.36. The van der Waals surface area contributed by atoms with Crippen LogP contribution in [0.5, 0.6) is 0 Å². The van der Waals surface area contributed by atoms with Gasteiger partial charge in [0.05, 0.1) is 25.5 Å². The van der Waals surface area contributed by atoms with Crippen molar-refractivity contribution in [1.29, 1.82) is 0 Å². The summed E-state index contributed by atoms with van der Waals surface area (Å²) in [5.74, 6) is 2.27. The number of hydrogen-bond donors (Lipinski definition) is 2. The zero-order valence-corrected chi connectivity index (χ0v) is 22.5. The largest absolute Gasteiger partial charge is 0.464 e. The molecule has 0 bridgehead atoms. The Hall–Kier alpha value is -2.38. The highest BCUT2D eigenvalue weighted by Gasteiger charge is 2.31. The first-order valence-corrected chi connectivity index (χ1v) is 12.9. The van der Waals surface area contributed by atoms with E-state index in [0.717, 1.165) is 75.6 Å². The number of aryl methyl sites for hydroxylation is 1. The van der Waals surface area contributed by atoms with Gasteiger partial charge in [0, 0.05) is 37.4 Å². The number of aliphatic imine (C=N–C) groups is 1.